The van der Waals surface area contributed by atoms with Crippen LogP contribution >= 0.6 is 23.1 Å². The zero-order valence-corrected chi connectivity index (χ0v) is 20.8. The molecule has 0 spiro atoms. The van der Waals surface area contributed by atoms with Gasteiger partial charge in [0.2, 0.25) is 5.91 Å². The Hall–Kier alpha value is -2.33. The van der Waals surface area contributed by atoms with Crippen LogP contribution in [0.25, 0.3) is 10.2 Å². The summed E-state index contributed by atoms with van der Waals surface area (Å²) in [5, 5.41) is 2.63. The summed E-state index contributed by atoms with van der Waals surface area (Å²) in [5.74, 6) is -0.803. The maximum atomic E-state index is 13.4. The largest absolute Gasteiger partial charge is 0.418 e. The van der Waals surface area contributed by atoms with E-state index in [4.69, 9.17) is 4.98 Å². The van der Waals surface area contributed by atoms with Crippen LogP contribution in [-0.4, -0.2) is 20.7 Å². The van der Waals surface area contributed by atoms with Gasteiger partial charge in [-0.05, 0) is 51.3 Å². The molecule has 0 fully saturated rings. The van der Waals surface area contributed by atoms with Gasteiger partial charge < -0.3 is 5.32 Å². The molecule has 10 heteroatoms. The molecule has 0 aliphatic carbocycles. The van der Waals surface area contributed by atoms with Gasteiger partial charge in [0.05, 0.1) is 21.9 Å². The fourth-order valence-electron chi connectivity index (χ4n) is 3.48. The average molecular weight is 498 g/mol. The monoisotopic (exact) mass is 497 g/mol. The van der Waals surface area contributed by atoms with E-state index in [9.17, 15) is 22.8 Å². The molecule has 1 N–H and O–H groups in total. The standard InChI is InChI=1S/C23H26F3N3O2S2/c1-11(2)18(19(30)27-16-10-8-7-9-15(16)23(24,25)26)33-22-28-20-17(13(5)14(6)32-20)21(31)29(22)12(3)4/h7-12,18H,1-6H3,(H,27,30). The van der Waals surface area contributed by atoms with Gasteiger partial charge in [0.15, 0.2) is 5.16 Å². The van der Waals surface area contributed by atoms with Gasteiger partial charge in [-0.3, -0.25) is 14.2 Å². The van der Waals surface area contributed by atoms with Crippen LogP contribution in [0.15, 0.2) is 34.2 Å². The quantitative estimate of drug-likeness (QED) is 0.315. The van der Waals surface area contributed by atoms with Crippen LogP contribution in [0.3, 0.4) is 0 Å². The van der Waals surface area contributed by atoms with Crippen LogP contribution in [0, 0.1) is 19.8 Å². The number of aryl methyl sites for hydroxylation is 2. The number of fused-ring (bicyclic) bond motifs is 1. The number of benzene rings is 1. The normalized spacial score (nSPS) is 13.2. The van der Waals surface area contributed by atoms with Crippen molar-refractivity contribution in [2.24, 2.45) is 5.92 Å². The Bertz CT molecular complexity index is 1250. The number of thioether (sulfide) groups is 1. The summed E-state index contributed by atoms with van der Waals surface area (Å²) in [7, 11) is 0. The lowest BCUT2D eigenvalue weighted by atomic mass is 10.1. The predicted molar refractivity (Wildman–Crippen MR) is 128 cm³/mol. The molecule has 0 radical (unpaired) electrons. The van der Waals surface area contributed by atoms with Gasteiger partial charge in [0.1, 0.15) is 4.83 Å². The van der Waals surface area contributed by atoms with Crippen molar-refractivity contribution in [1.82, 2.24) is 9.55 Å². The van der Waals surface area contributed by atoms with Crippen molar-refractivity contribution in [2.75, 3.05) is 5.32 Å². The van der Waals surface area contributed by atoms with Crippen molar-refractivity contribution in [2.45, 2.75) is 64.2 Å². The second-order valence-corrected chi connectivity index (χ2v) is 10.8. The maximum absolute atomic E-state index is 13.4. The average Bonchev–Trinajstić information content (AvgIpc) is 2.98. The summed E-state index contributed by atoms with van der Waals surface area (Å²) in [6, 6.07) is 4.67. The van der Waals surface area contributed by atoms with E-state index in [0.717, 1.165) is 28.3 Å². The number of rotatable bonds is 6. The molecule has 3 aromatic rings. The van der Waals surface area contributed by atoms with E-state index in [1.807, 2.05) is 41.5 Å². The Kier molecular flexibility index (Phi) is 7.28. The number of amides is 1. The minimum atomic E-state index is -4.59. The van der Waals surface area contributed by atoms with E-state index in [0.29, 0.717) is 15.4 Å². The molecule has 0 saturated carbocycles. The van der Waals surface area contributed by atoms with Gasteiger partial charge in [-0.2, -0.15) is 13.2 Å². The molecule has 1 aromatic carbocycles. The highest BCUT2D eigenvalue weighted by Gasteiger charge is 2.35. The number of thiophene rings is 1. The predicted octanol–water partition coefficient (Wildman–Crippen LogP) is 6.43. The molecule has 0 aliphatic rings. The minimum absolute atomic E-state index is 0.176. The molecule has 1 atom stereocenters. The summed E-state index contributed by atoms with van der Waals surface area (Å²) < 4.78 is 41.7. The van der Waals surface area contributed by atoms with E-state index in [1.54, 1.807) is 4.57 Å². The fraction of sp³-hybridized carbons (Fsp3) is 0.435. The maximum Gasteiger partial charge on any atom is 0.418 e. The first-order valence-electron chi connectivity index (χ1n) is 10.5. The second-order valence-electron chi connectivity index (χ2n) is 8.44. The summed E-state index contributed by atoms with van der Waals surface area (Å²) in [6.45, 7) is 11.1. The highest BCUT2D eigenvalue weighted by molar-refractivity contribution is 8.00. The molecule has 1 unspecified atom stereocenters. The summed E-state index contributed by atoms with van der Waals surface area (Å²) >= 11 is 2.52. The molecule has 1 amide bonds. The first-order valence-corrected chi connectivity index (χ1v) is 12.2. The lowest BCUT2D eigenvalue weighted by Crippen LogP contribution is -2.32. The molecule has 3 rings (SSSR count). The van der Waals surface area contributed by atoms with Crippen LogP contribution in [-0.2, 0) is 11.0 Å². The number of alkyl halides is 3. The number of nitrogens with zero attached hydrogens (tertiary/aromatic N) is 2. The minimum Gasteiger partial charge on any atom is -0.325 e. The van der Waals surface area contributed by atoms with Gasteiger partial charge >= 0.3 is 6.18 Å². The zero-order valence-electron chi connectivity index (χ0n) is 19.2. The van der Waals surface area contributed by atoms with Crippen LogP contribution in [0.4, 0.5) is 18.9 Å². The smallest absolute Gasteiger partial charge is 0.325 e. The first kappa shape index (κ1) is 25.3. The molecule has 2 heterocycles. The van der Waals surface area contributed by atoms with Crippen LogP contribution in [0.2, 0.25) is 0 Å². The Morgan fingerprint density at radius 2 is 1.79 bits per heavy atom. The third-order valence-electron chi connectivity index (χ3n) is 5.31. The van der Waals surface area contributed by atoms with E-state index in [-0.39, 0.29) is 23.2 Å². The van der Waals surface area contributed by atoms with Crippen molar-refractivity contribution in [3.63, 3.8) is 0 Å². The molecule has 0 bridgehead atoms. The summed E-state index contributed by atoms with van der Waals surface area (Å²) in [5.41, 5.74) is -0.491. The molecular weight excluding hydrogens is 471 g/mol. The Balaban J connectivity index is 2.02. The molecule has 0 aliphatic heterocycles. The fourth-order valence-corrected chi connectivity index (χ4v) is 5.77. The lowest BCUT2D eigenvalue weighted by molar-refractivity contribution is -0.137. The number of carbonyl (C=O) groups is 1. The number of hydrogen-bond acceptors (Lipinski definition) is 5. The van der Waals surface area contributed by atoms with Crippen molar-refractivity contribution in [3.8, 4) is 0 Å². The zero-order chi connectivity index (χ0) is 24.7. The number of halogens is 3. The van der Waals surface area contributed by atoms with Crippen LogP contribution < -0.4 is 10.9 Å². The van der Waals surface area contributed by atoms with Gasteiger partial charge in [0, 0.05) is 10.9 Å². The summed E-state index contributed by atoms with van der Waals surface area (Å²) in [4.78, 5) is 32.7. The topological polar surface area (TPSA) is 64.0 Å². The first-order chi connectivity index (χ1) is 15.3. The molecule has 0 saturated heterocycles. The highest BCUT2D eigenvalue weighted by Crippen LogP contribution is 2.36. The third kappa shape index (κ3) is 5.11. The van der Waals surface area contributed by atoms with Crippen LogP contribution in [0.5, 0.6) is 0 Å². The molecular formula is C23H26F3N3O2S2. The van der Waals surface area contributed by atoms with Crippen molar-refractivity contribution >= 4 is 44.9 Å². The van der Waals surface area contributed by atoms with E-state index >= 15 is 0 Å². The molecule has 178 valence electrons. The molecule has 33 heavy (non-hydrogen) atoms. The van der Waals surface area contributed by atoms with E-state index in [2.05, 4.69) is 5.32 Å². The number of nitrogens with one attached hydrogen (secondary N) is 1. The van der Waals surface area contributed by atoms with Gasteiger partial charge in [-0.15, -0.1) is 11.3 Å². The molecule has 2 aromatic heterocycles. The molecule has 5 nitrogen and oxygen atoms in total. The number of carbonyl (C=O) groups excluding carboxylic acids is 1. The highest BCUT2D eigenvalue weighted by atomic mass is 32.2. The lowest BCUT2D eigenvalue weighted by Gasteiger charge is -2.23. The SMILES string of the molecule is Cc1sc2nc(SC(C(=O)Nc3ccccc3C(F)(F)F)C(C)C)n(C(C)C)c(=O)c2c1C. The van der Waals surface area contributed by atoms with Crippen LogP contribution in [0.1, 0.15) is 49.7 Å². The number of para-hydroxylation sites is 1. The van der Waals surface area contributed by atoms with Crippen molar-refractivity contribution in [3.05, 3.63) is 50.6 Å². The Labute approximate surface area is 198 Å². The number of anilines is 1. The third-order valence-corrected chi connectivity index (χ3v) is 7.92. The second kappa shape index (κ2) is 9.50. The van der Waals surface area contributed by atoms with Gasteiger partial charge in [-0.1, -0.05) is 37.7 Å². The van der Waals surface area contributed by atoms with Gasteiger partial charge in [0.25, 0.3) is 5.56 Å². The number of aromatic nitrogens is 2. The number of hydrogen-bond donors (Lipinski definition) is 1. The van der Waals surface area contributed by atoms with Crippen molar-refractivity contribution in [1.29, 1.82) is 0 Å². The van der Waals surface area contributed by atoms with Gasteiger partial charge in [-0.25, -0.2) is 4.98 Å². The Morgan fingerprint density at radius 1 is 1.15 bits per heavy atom. The summed E-state index contributed by atoms with van der Waals surface area (Å²) in [6.07, 6.45) is -4.59. The van der Waals surface area contributed by atoms with E-state index < -0.39 is 22.9 Å². The van der Waals surface area contributed by atoms with Crippen molar-refractivity contribution < 1.29 is 18.0 Å². The van der Waals surface area contributed by atoms with E-state index in [1.165, 1.54) is 29.5 Å². The Morgan fingerprint density at radius 3 is 2.36 bits per heavy atom.